The van der Waals surface area contributed by atoms with Crippen LogP contribution < -0.4 is 5.32 Å². The maximum Gasteiger partial charge on any atom is 0.226 e. The van der Waals surface area contributed by atoms with Gasteiger partial charge >= 0.3 is 0 Å². The topological polar surface area (TPSA) is 69.6 Å². The molecule has 12 heavy (non-hydrogen) atoms. The molecule has 1 saturated heterocycles. The van der Waals surface area contributed by atoms with Crippen molar-refractivity contribution in [2.75, 3.05) is 6.61 Å². The predicted molar refractivity (Wildman–Crippen MR) is 43.4 cm³/mol. The van der Waals surface area contributed by atoms with Crippen LogP contribution in [-0.4, -0.2) is 34.4 Å². The van der Waals surface area contributed by atoms with Gasteiger partial charge in [0.15, 0.2) is 0 Å². The third kappa shape index (κ3) is 1.76. The van der Waals surface area contributed by atoms with E-state index < -0.39 is 11.5 Å². The zero-order valence-electron chi connectivity index (χ0n) is 7.37. The number of aliphatic hydroxyl groups excluding tert-OH is 1. The molecular formula is C8H15NO3. The van der Waals surface area contributed by atoms with Crippen molar-refractivity contribution in [2.24, 2.45) is 5.92 Å². The summed E-state index contributed by atoms with van der Waals surface area (Å²) in [5.74, 6) is -0.559. The lowest BCUT2D eigenvalue weighted by atomic mass is 9.88. The molecule has 2 atom stereocenters. The highest BCUT2D eigenvalue weighted by atomic mass is 16.3. The summed E-state index contributed by atoms with van der Waals surface area (Å²) in [5.41, 5.74) is -0.992. The third-order valence-corrected chi connectivity index (χ3v) is 2.26. The van der Waals surface area contributed by atoms with Crippen molar-refractivity contribution < 1.29 is 15.0 Å². The molecule has 3 N–H and O–H groups in total. The van der Waals surface area contributed by atoms with Gasteiger partial charge in [-0.3, -0.25) is 4.79 Å². The van der Waals surface area contributed by atoms with Gasteiger partial charge in [0.2, 0.25) is 5.91 Å². The van der Waals surface area contributed by atoms with Crippen molar-refractivity contribution in [3.05, 3.63) is 0 Å². The molecule has 0 bridgehead atoms. The summed E-state index contributed by atoms with van der Waals surface area (Å²) in [6, 6.07) is -0.186. The van der Waals surface area contributed by atoms with Crippen LogP contribution in [0.15, 0.2) is 0 Å². The number of carbonyl (C=O) groups is 1. The van der Waals surface area contributed by atoms with Crippen LogP contribution in [0.3, 0.4) is 0 Å². The molecule has 0 unspecified atom stereocenters. The van der Waals surface area contributed by atoms with Crippen molar-refractivity contribution >= 4 is 5.91 Å². The fourth-order valence-corrected chi connectivity index (χ4v) is 1.48. The van der Waals surface area contributed by atoms with E-state index in [2.05, 4.69) is 5.32 Å². The number of aliphatic hydroxyl groups is 2. The normalized spacial score (nSPS) is 30.5. The first-order chi connectivity index (χ1) is 5.45. The van der Waals surface area contributed by atoms with Gasteiger partial charge in [-0.25, -0.2) is 0 Å². The monoisotopic (exact) mass is 173 g/mol. The molecule has 0 aromatic rings. The average molecular weight is 173 g/mol. The van der Waals surface area contributed by atoms with Crippen molar-refractivity contribution in [1.29, 1.82) is 0 Å². The van der Waals surface area contributed by atoms with E-state index in [-0.39, 0.29) is 18.6 Å². The van der Waals surface area contributed by atoms with Gasteiger partial charge in [0.05, 0.1) is 24.2 Å². The van der Waals surface area contributed by atoms with Crippen LogP contribution in [0.4, 0.5) is 0 Å². The summed E-state index contributed by atoms with van der Waals surface area (Å²) in [6.07, 6.45) is 0.513. The zero-order valence-corrected chi connectivity index (χ0v) is 7.37. The van der Waals surface area contributed by atoms with Gasteiger partial charge in [0.1, 0.15) is 0 Å². The molecule has 0 saturated carbocycles. The molecule has 0 aromatic heterocycles. The zero-order chi connectivity index (χ0) is 9.35. The van der Waals surface area contributed by atoms with Gasteiger partial charge in [-0.2, -0.15) is 0 Å². The molecule has 4 heteroatoms. The molecule has 0 radical (unpaired) electrons. The Hall–Kier alpha value is -0.610. The SMILES string of the molecule is CC(C)(O)[C@H]1C[C@@H](CO)NC1=O. The first kappa shape index (κ1) is 9.48. The van der Waals surface area contributed by atoms with Gasteiger partial charge < -0.3 is 15.5 Å². The molecule has 1 rings (SSSR count). The van der Waals surface area contributed by atoms with Crippen molar-refractivity contribution in [3.8, 4) is 0 Å². The predicted octanol–water partition coefficient (Wildman–Crippen LogP) is -0.746. The van der Waals surface area contributed by atoms with E-state index in [1.165, 1.54) is 0 Å². The van der Waals surface area contributed by atoms with Crippen LogP contribution >= 0.6 is 0 Å². The van der Waals surface area contributed by atoms with E-state index in [0.29, 0.717) is 6.42 Å². The second-order valence-corrected chi connectivity index (χ2v) is 3.83. The number of rotatable bonds is 2. The summed E-state index contributed by atoms with van der Waals surface area (Å²) < 4.78 is 0. The van der Waals surface area contributed by atoms with E-state index in [4.69, 9.17) is 5.11 Å². The second kappa shape index (κ2) is 3.03. The summed E-state index contributed by atoms with van der Waals surface area (Å²) >= 11 is 0. The van der Waals surface area contributed by atoms with Crippen molar-refractivity contribution in [3.63, 3.8) is 0 Å². The molecule has 0 aromatic carbocycles. The highest BCUT2D eigenvalue weighted by Gasteiger charge is 2.40. The molecule has 1 heterocycles. The quantitative estimate of drug-likeness (QED) is 0.515. The molecule has 0 spiro atoms. The molecular weight excluding hydrogens is 158 g/mol. The van der Waals surface area contributed by atoms with Crippen LogP contribution in [-0.2, 0) is 4.79 Å². The van der Waals surface area contributed by atoms with Gasteiger partial charge in [-0.05, 0) is 20.3 Å². The minimum Gasteiger partial charge on any atom is -0.394 e. The number of nitrogens with one attached hydrogen (secondary N) is 1. The fraction of sp³-hybridized carbons (Fsp3) is 0.875. The van der Waals surface area contributed by atoms with E-state index in [1.54, 1.807) is 13.8 Å². The first-order valence-electron chi connectivity index (χ1n) is 4.08. The Labute approximate surface area is 71.6 Å². The van der Waals surface area contributed by atoms with Gasteiger partial charge in [0, 0.05) is 0 Å². The molecule has 70 valence electrons. The average Bonchev–Trinajstić information content (AvgIpc) is 2.29. The smallest absolute Gasteiger partial charge is 0.226 e. The first-order valence-corrected chi connectivity index (χ1v) is 4.08. The second-order valence-electron chi connectivity index (χ2n) is 3.83. The van der Waals surface area contributed by atoms with Crippen LogP contribution in [0.1, 0.15) is 20.3 Å². The maximum atomic E-state index is 11.2. The van der Waals surface area contributed by atoms with Crippen LogP contribution in [0.2, 0.25) is 0 Å². The molecule has 4 nitrogen and oxygen atoms in total. The Balaban J connectivity index is 2.64. The third-order valence-electron chi connectivity index (χ3n) is 2.26. The van der Waals surface area contributed by atoms with E-state index in [1.807, 2.05) is 0 Å². The Morgan fingerprint density at radius 2 is 2.25 bits per heavy atom. The minimum absolute atomic E-state index is 0.0572. The van der Waals surface area contributed by atoms with Crippen LogP contribution in [0, 0.1) is 5.92 Å². The Kier molecular flexibility index (Phi) is 2.39. The highest BCUT2D eigenvalue weighted by Crippen LogP contribution is 2.26. The molecule has 1 aliphatic heterocycles. The Morgan fingerprint density at radius 1 is 1.67 bits per heavy atom. The van der Waals surface area contributed by atoms with Crippen LogP contribution in [0.25, 0.3) is 0 Å². The maximum absolute atomic E-state index is 11.2. The molecule has 1 aliphatic rings. The molecule has 1 fully saturated rings. The number of amides is 1. The van der Waals surface area contributed by atoms with Crippen LogP contribution in [0.5, 0.6) is 0 Å². The minimum atomic E-state index is -0.992. The number of carbonyl (C=O) groups excluding carboxylic acids is 1. The van der Waals surface area contributed by atoms with Gasteiger partial charge in [-0.15, -0.1) is 0 Å². The summed E-state index contributed by atoms with van der Waals surface area (Å²) in [5, 5.41) is 20.9. The van der Waals surface area contributed by atoms with Gasteiger partial charge in [0.25, 0.3) is 0 Å². The standard InChI is InChI=1S/C8H15NO3/c1-8(2,12)6-3-5(4-10)9-7(6)11/h5-6,10,12H,3-4H2,1-2H3,(H,9,11)/t5-,6-/m0/s1. The summed E-state index contributed by atoms with van der Waals surface area (Å²) in [4.78, 5) is 11.2. The Bertz CT molecular complexity index is 185. The molecule has 0 aliphatic carbocycles. The lowest BCUT2D eigenvalue weighted by Crippen LogP contribution is -2.36. The van der Waals surface area contributed by atoms with Gasteiger partial charge in [-0.1, -0.05) is 0 Å². The van der Waals surface area contributed by atoms with E-state index in [9.17, 15) is 9.90 Å². The number of hydrogen-bond donors (Lipinski definition) is 3. The highest BCUT2D eigenvalue weighted by molar-refractivity contribution is 5.82. The number of hydrogen-bond acceptors (Lipinski definition) is 3. The largest absolute Gasteiger partial charge is 0.394 e. The fourth-order valence-electron chi connectivity index (χ4n) is 1.48. The van der Waals surface area contributed by atoms with E-state index >= 15 is 0 Å². The molecule has 1 amide bonds. The summed E-state index contributed by atoms with van der Waals surface area (Å²) in [6.45, 7) is 3.16. The Morgan fingerprint density at radius 3 is 2.50 bits per heavy atom. The lowest BCUT2D eigenvalue weighted by Gasteiger charge is -2.22. The van der Waals surface area contributed by atoms with Crippen molar-refractivity contribution in [2.45, 2.75) is 31.9 Å². The van der Waals surface area contributed by atoms with Crippen molar-refractivity contribution in [1.82, 2.24) is 5.32 Å². The summed E-state index contributed by atoms with van der Waals surface area (Å²) in [7, 11) is 0. The lowest BCUT2D eigenvalue weighted by molar-refractivity contribution is -0.128. The van der Waals surface area contributed by atoms with E-state index in [0.717, 1.165) is 0 Å².